The van der Waals surface area contributed by atoms with Crippen LogP contribution in [0.3, 0.4) is 0 Å². The highest BCUT2D eigenvalue weighted by atomic mass is 16.5. The molecule has 8 heteroatoms. The molecule has 0 radical (unpaired) electrons. The van der Waals surface area contributed by atoms with E-state index in [1.165, 1.54) is 0 Å². The molecular weight excluding hydrogens is 322 g/mol. The molecule has 0 aliphatic heterocycles. The molecule has 0 bridgehead atoms. The summed E-state index contributed by atoms with van der Waals surface area (Å²) in [5, 5.41) is 5.46. The molecule has 0 atom stereocenters. The zero-order chi connectivity index (χ0) is 18.1. The highest BCUT2D eigenvalue weighted by Gasteiger charge is 2.05. The lowest BCUT2D eigenvalue weighted by Crippen LogP contribution is -2.37. The van der Waals surface area contributed by atoms with Gasteiger partial charge < -0.3 is 25.8 Å². The van der Waals surface area contributed by atoms with Gasteiger partial charge in [0, 0.05) is 6.20 Å². The number of nitrogens with one attached hydrogen (secondary N) is 2. The standard InChI is InChI=1S/C17H21N5O3/c1-24-14-6-5-12(8-15(14)25-2)9-20-17(18)21-11-16(23)22-13-4-3-7-19-10-13/h3-8,10H,9,11H2,1-2H3,(H,22,23)(H3,18,20,21). The topological polar surface area (TPSA) is 111 Å². The lowest BCUT2D eigenvalue weighted by atomic mass is 10.2. The molecule has 0 saturated carbocycles. The number of benzene rings is 1. The van der Waals surface area contributed by atoms with Crippen LogP contribution in [0, 0.1) is 0 Å². The summed E-state index contributed by atoms with van der Waals surface area (Å²) in [4.78, 5) is 19.9. The number of methoxy groups -OCH3 is 2. The maximum Gasteiger partial charge on any atom is 0.243 e. The van der Waals surface area contributed by atoms with Gasteiger partial charge >= 0.3 is 0 Å². The summed E-state index contributed by atoms with van der Waals surface area (Å²) < 4.78 is 10.4. The van der Waals surface area contributed by atoms with Gasteiger partial charge in [0.1, 0.15) is 0 Å². The van der Waals surface area contributed by atoms with Gasteiger partial charge in [-0.3, -0.25) is 9.78 Å². The minimum absolute atomic E-state index is 0.0101. The lowest BCUT2D eigenvalue weighted by molar-refractivity contribution is -0.115. The number of carbonyl (C=O) groups is 1. The van der Waals surface area contributed by atoms with Crippen molar-refractivity contribution >= 4 is 17.6 Å². The summed E-state index contributed by atoms with van der Waals surface area (Å²) in [7, 11) is 3.15. The highest BCUT2D eigenvalue weighted by molar-refractivity contribution is 5.94. The first-order valence-corrected chi connectivity index (χ1v) is 7.57. The third kappa shape index (κ3) is 5.69. The molecule has 2 rings (SSSR count). The van der Waals surface area contributed by atoms with Crippen molar-refractivity contribution in [2.24, 2.45) is 10.7 Å². The fraction of sp³-hybridized carbons (Fsp3) is 0.235. The number of ether oxygens (including phenoxy) is 2. The van der Waals surface area contributed by atoms with Gasteiger partial charge in [-0.2, -0.15) is 0 Å². The van der Waals surface area contributed by atoms with Crippen molar-refractivity contribution in [2.45, 2.75) is 6.54 Å². The molecule has 8 nitrogen and oxygen atoms in total. The maximum atomic E-state index is 11.8. The molecule has 0 aliphatic rings. The van der Waals surface area contributed by atoms with Crippen molar-refractivity contribution in [2.75, 3.05) is 26.1 Å². The van der Waals surface area contributed by atoms with Crippen LogP contribution in [0.4, 0.5) is 5.69 Å². The van der Waals surface area contributed by atoms with E-state index in [9.17, 15) is 4.79 Å². The summed E-state index contributed by atoms with van der Waals surface area (Å²) in [6, 6.07) is 8.98. The second kappa shape index (κ2) is 9.11. The first-order chi connectivity index (χ1) is 12.1. The fourth-order valence-corrected chi connectivity index (χ4v) is 2.02. The van der Waals surface area contributed by atoms with Crippen molar-refractivity contribution < 1.29 is 14.3 Å². The molecule has 1 aromatic carbocycles. The molecular formula is C17H21N5O3. The van der Waals surface area contributed by atoms with Gasteiger partial charge in [0.15, 0.2) is 17.5 Å². The number of rotatable bonds is 7. The number of hydrogen-bond donors (Lipinski definition) is 3. The van der Waals surface area contributed by atoms with E-state index in [1.54, 1.807) is 44.8 Å². The lowest BCUT2D eigenvalue weighted by Gasteiger charge is -2.09. The normalized spacial score (nSPS) is 10.9. The Bertz CT molecular complexity index is 734. The second-order valence-electron chi connectivity index (χ2n) is 5.03. The van der Waals surface area contributed by atoms with E-state index in [0.29, 0.717) is 23.7 Å². The molecule has 0 saturated heterocycles. The number of amides is 1. The Labute approximate surface area is 146 Å². The summed E-state index contributed by atoms with van der Waals surface area (Å²) in [6.07, 6.45) is 3.19. The van der Waals surface area contributed by atoms with Crippen LogP contribution in [0.2, 0.25) is 0 Å². The Kier molecular flexibility index (Phi) is 6.58. The predicted octanol–water partition coefficient (Wildman–Crippen LogP) is 1.14. The van der Waals surface area contributed by atoms with E-state index in [1.807, 2.05) is 12.1 Å². The van der Waals surface area contributed by atoms with Crippen molar-refractivity contribution in [3.05, 3.63) is 48.3 Å². The first-order valence-electron chi connectivity index (χ1n) is 7.57. The largest absolute Gasteiger partial charge is 0.493 e. The van der Waals surface area contributed by atoms with Crippen LogP contribution in [0.15, 0.2) is 47.7 Å². The van der Waals surface area contributed by atoms with Crippen molar-refractivity contribution in [3.63, 3.8) is 0 Å². The second-order valence-corrected chi connectivity index (χ2v) is 5.03. The zero-order valence-electron chi connectivity index (χ0n) is 14.2. The van der Waals surface area contributed by atoms with Crippen LogP contribution in [0.1, 0.15) is 5.56 Å². The Morgan fingerprint density at radius 1 is 1.24 bits per heavy atom. The van der Waals surface area contributed by atoms with Crippen LogP contribution in [-0.2, 0) is 11.3 Å². The molecule has 2 aromatic rings. The number of pyridine rings is 1. The van der Waals surface area contributed by atoms with E-state index in [2.05, 4.69) is 20.6 Å². The van der Waals surface area contributed by atoms with Crippen LogP contribution in [0.5, 0.6) is 11.5 Å². The number of guanidine groups is 1. The monoisotopic (exact) mass is 343 g/mol. The van der Waals surface area contributed by atoms with Crippen LogP contribution in [-0.4, -0.2) is 37.6 Å². The number of anilines is 1. The number of aromatic nitrogens is 1. The molecule has 132 valence electrons. The van der Waals surface area contributed by atoms with Gasteiger partial charge in [0.25, 0.3) is 0 Å². The van der Waals surface area contributed by atoms with Crippen LogP contribution in [0.25, 0.3) is 0 Å². The molecule has 0 spiro atoms. The SMILES string of the molecule is COc1ccc(CN=C(N)NCC(=O)Nc2cccnc2)cc1OC. The molecule has 25 heavy (non-hydrogen) atoms. The van der Waals surface area contributed by atoms with Crippen molar-refractivity contribution in [1.29, 1.82) is 0 Å². The molecule has 0 unspecified atom stereocenters. The Morgan fingerprint density at radius 3 is 2.72 bits per heavy atom. The van der Waals surface area contributed by atoms with Gasteiger partial charge in [-0.1, -0.05) is 6.07 Å². The van der Waals surface area contributed by atoms with Crippen LogP contribution >= 0.6 is 0 Å². The number of aliphatic imine (C=N–C) groups is 1. The Balaban J connectivity index is 1.84. The maximum absolute atomic E-state index is 11.8. The van der Waals surface area contributed by atoms with Gasteiger partial charge in [-0.05, 0) is 29.8 Å². The summed E-state index contributed by atoms with van der Waals surface area (Å²) >= 11 is 0. The van der Waals surface area contributed by atoms with Gasteiger partial charge in [0.2, 0.25) is 5.91 Å². The minimum Gasteiger partial charge on any atom is -0.493 e. The zero-order valence-corrected chi connectivity index (χ0v) is 14.2. The molecule has 0 fully saturated rings. The van der Waals surface area contributed by atoms with Gasteiger partial charge in [0.05, 0.1) is 39.2 Å². The van der Waals surface area contributed by atoms with E-state index in [4.69, 9.17) is 15.2 Å². The number of nitrogens with two attached hydrogens (primary N) is 1. The summed E-state index contributed by atoms with van der Waals surface area (Å²) in [6.45, 7) is 0.361. The Hall–Kier alpha value is -3.29. The van der Waals surface area contributed by atoms with Gasteiger partial charge in [-0.25, -0.2) is 4.99 Å². The highest BCUT2D eigenvalue weighted by Crippen LogP contribution is 2.27. The summed E-state index contributed by atoms with van der Waals surface area (Å²) in [5.41, 5.74) is 7.31. The molecule has 1 amide bonds. The van der Waals surface area contributed by atoms with E-state index < -0.39 is 0 Å². The first kappa shape index (κ1) is 18.1. The molecule has 4 N–H and O–H groups in total. The van der Waals surface area contributed by atoms with Crippen molar-refractivity contribution in [1.82, 2.24) is 10.3 Å². The predicted molar refractivity (Wildman–Crippen MR) is 95.7 cm³/mol. The summed E-state index contributed by atoms with van der Waals surface area (Å²) in [5.74, 6) is 1.21. The fourth-order valence-electron chi connectivity index (χ4n) is 2.02. The quantitative estimate of drug-likeness (QED) is 0.514. The van der Waals surface area contributed by atoms with Crippen molar-refractivity contribution in [3.8, 4) is 11.5 Å². The number of hydrogen-bond acceptors (Lipinski definition) is 5. The average molecular weight is 343 g/mol. The molecule has 0 aliphatic carbocycles. The minimum atomic E-state index is -0.239. The smallest absolute Gasteiger partial charge is 0.243 e. The Morgan fingerprint density at radius 2 is 2.04 bits per heavy atom. The number of carbonyl (C=O) groups excluding carboxylic acids is 1. The third-order valence-corrected chi connectivity index (χ3v) is 3.26. The third-order valence-electron chi connectivity index (χ3n) is 3.26. The van der Waals surface area contributed by atoms with E-state index in [-0.39, 0.29) is 18.4 Å². The average Bonchev–Trinajstić information content (AvgIpc) is 2.65. The van der Waals surface area contributed by atoms with E-state index in [0.717, 1.165) is 5.56 Å². The molecule has 1 heterocycles. The number of nitrogens with zero attached hydrogens (tertiary/aromatic N) is 2. The molecule has 1 aromatic heterocycles. The van der Waals surface area contributed by atoms with Gasteiger partial charge in [-0.15, -0.1) is 0 Å². The van der Waals surface area contributed by atoms with E-state index >= 15 is 0 Å². The van der Waals surface area contributed by atoms with Crippen LogP contribution < -0.4 is 25.8 Å².